The second kappa shape index (κ2) is 10.8. The first kappa shape index (κ1) is 21.9. The van der Waals surface area contributed by atoms with E-state index in [1.165, 1.54) is 0 Å². The number of unbranched alkanes of at least 4 members (excludes halogenated alkanes) is 1. The highest BCUT2D eigenvalue weighted by Gasteiger charge is 2.34. The molecule has 1 saturated heterocycles. The number of hydrogen-bond donors (Lipinski definition) is 1. The Balaban J connectivity index is 1.94. The van der Waals surface area contributed by atoms with Crippen molar-refractivity contribution in [1.29, 1.82) is 0 Å². The van der Waals surface area contributed by atoms with Gasteiger partial charge in [-0.1, -0.05) is 25.5 Å². The maximum atomic E-state index is 12.7. The van der Waals surface area contributed by atoms with Crippen molar-refractivity contribution in [2.75, 3.05) is 45.7 Å². The van der Waals surface area contributed by atoms with Crippen LogP contribution in [0.3, 0.4) is 0 Å². The number of likely N-dealkylation sites (tertiary alicyclic amines) is 1. The number of amides is 2. The topological polar surface area (TPSA) is 78.9 Å². The van der Waals surface area contributed by atoms with Crippen LogP contribution in [0.1, 0.15) is 43.0 Å². The first-order valence-electron chi connectivity index (χ1n) is 9.92. The summed E-state index contributed by atoms with van der Waals surface area (Å²) in [5.41, 5.74) is 0.756. The summed E-state index contributed by atoms with van der Waals surface area (Å²) in [4.78, 5) is 41.0. The zero-order valence-electron chi connectivity index (χ0n) is 17.1. The second-order valence-electron chi connectivity index (χ2n) is 7.42. The maximum Gasteiger partial charge on any atom is 0.340 e. The fourth-order valence-electron chi connectivity index (χ4n) is 3.13. The van der Waals surface area contributed by atoms with Gasteiger partial charge in [0.15, 0.2) is 0 Å². The van der Waals surface area contributed by atoms with Crippen LogP contribution >= 0.6 is 0 Å². The molecule has 1 aromatic carbocycles. The van der Waals surface area contributed by atoms with Crippen molar-refractivity contribution < 1.29 is 19.1 Å². The monoisotopic (exact) mass is 389 g/mol. The van der Waals surface area contributed by atoms with Crippen molar-refractivity contribution in [3.63, 3.8) is 0 Å². The van der Waals surface area contributed by atoms with Crippen LogP contribution in [0.15, 0.2) is 24.3 Å². The van der Waals surface area contributed by atoms with E-state index in [0.29, 0.717) is 30.9 Å². The molecule has 0 radical (unpaired) electrons. The van der Waals surface area contributed by atoms with Crippen LogP contribution in [0.25, 0.3) is 0 Å². The summed E-state index contributed by atoms with van der Waals surface area (Å²) < 4.78 is 5.26. The van der Waals surface area contributed by atoms with E-state index in [1.54, 1.807) is 29.2 Å². The Morgan fingerprint density at radius 3 is 2.71 bits per heavy atom. The summed E-state index contributed by atoms with van der Waals surface area (Å²) in [5, 5.41) is 2.81. The minimum absolute atomic E-state index is 0.00571. The highest BCUT2D eigenvalue weighted by atomic mass is 16.5. The minimum Gasteiger partial charge on any atom is -0.462 e. The van der Waals surface area contributed by atoms with Crippen LogP contribution in [-0.4, -0.2) is 67.9 Å². The predicted octanol–water partition coefficient (Wildman–Crippen LogP) is 2.38. The molecule has 0 bridgehead atoms. The molecule has 2 rings (SSSR count). The van der Waals surface area contributed by atoms with Crippen LogP contribution in [0.4, 0.5) is 5.69 Å². The third kappa shape index (κ3) is 6.34. The van der Waals surface area contributed by atoms with Crippen molar-refractivity contribution in [2.45, 2.75) is 32.6 Å². The van der Waals surface area contributed by atoms with Gasteiger partial charge in [-0.05, 0) is 45.6 Å². The molecule has 0 spiro atoms. The Morgan fingerprint density at radius 2 is 2.00 bits per heavy atom. The molecule has 1 fully saturated rings. The second-order valence-corrected chi connectivity index (χ2v) is 7.42. The lowest BCUT2D eigenvalue weighted by Crippen LogP contribution is -2.30. The van der Waals surface area contributed by atoms with E-state index in [-0.39, 0.29) is 18.2 Å². The van der Waals surface area contributed by atoms with Gasteiger partial charge in [-0.15, -0.1) is 0 Å². The highest BCUT2D eigenvalue weighted by molar-refractivity contribution is 6.03. The van der Waals surface area contributed by atoms with Gasteiger partial charge in [-0.25, -0.2) is 4.79 Å². The van der Waals surface area contributed by atoms with E-state index in [1.807, 2.05) is 21.0 Å². The van der Waals surface area contributed by atoms with E-state index < -0.39 is 11.9 Å². The molecular weight excluding hydrogens is 358 g/mol. The number of carbonyl (C=O) groups is 3. The molecule has 154 valence electrons. The quantitative estimate of drug-likeness (QED) is 0.491. The molecule has 0 saturated carbocycles. The first-order chi connectivity index (χ1) is 13.4. The van der Waals surface area contributed by atoms with Crippen molar-refractivity contribution in [3.8, 4) is 0 Å². The number of carbonyl (C=O) groups excluding carboxylic acids is 3. The molecule has 1 heterocycles. The summed E-state index contributed by atoms with van der Waals surface area (Å²) in [6.07, 6.45) is 2.82. The molecule has 0 aromatic heterocycles. The third-order valence-electron chi connectivity index (χ3n) is 4.75. The number of anilines is 1. The van der Waals surface area contributed by atoms with Gasteiger partial charge in [0.05, 0.1) is 23.8 Å². The normalized spacial score (nSPS) is 16.5. The smallest absolute Gasteiger partial charge is 0.340 e. The SMILES string of the molecule is CCCCOC(=O)c1ccccc1NC(=O)C1CC(=O)N(CCCN(C)C)C1. The molecular formula is C21H31N3O4. The number of hydrogen-bond acceptors (Lipinski definition) is 5. The van der Waals surface area contributed by atoms with Gasteiger partial charge < -0.3 is 19.9 Å². The fraction of sp³-hybridized carbons (Fsp3) is 0.571. The number of nitrogens with zero attached hydrogens (tertiary/aromatic N) is 2. The van der Waals surface area contributed by atoms with Crippen LogP contribution in [0.5, 0.6) is 0 Å². The van der Waals surface area contributed by atoms with Gasteiger partial charge in [0.1, 0.15) is 0 Å². The average Bonchev–Trinajstić information content (AvgIpc) is 3.03. The predicted molar refractivity (Wildman–Crippen MR) is 108 cm³/mol. The largest absolute Gasteiger partial charge is 0.462 e. The average molecular weight is 389 g/mol. The van der Waals surface area contributed by atoms with Crippen molar-refractivity contribution in [2.24, 2.45) is 5.92 Å². The van der Waals surface area contributed by atoms with Crippen molar-refractivity contribution in [1.82, 2.24) is 9.80 Å². The molecule has 7 heteroatoms. The number of nitrogens with one attached hydrogen (secondary N) is 1. The summed E-state index contributed by atoms with van der Waals surface area (Å²) >= 11 is 0. The van der Waals surface area contributed by atoms with E-state index in [4.69, 9.17) is 4.74 Å². The Morgan fingerprint density at radius 1 is 1.25 bits per heavy atom. The summed E-state index contributed by atoms with van der Waals surface area (Å²) in [6, 6.07) is 6.81. The maximum absolute atomic E-state index is 12.7. The van der Waals surface area contributed by atoms with E-state index in [9.17, 15) is 14.4 Å². The molecule has 1 aromatic rings. The van der Waals surface area contributed by atoms with Gasteiger partial charge in [-0.3, -0.25) is 9.59 Å². The lowest BCUT2D eigenvalue weighted by molar-refractivity contribution is -0.128. The lowest BCUT2D eigenvalue weighted by atomic mass is 10.1. The van der Waals surface area contributed by atoms with Gasteiger partial charge in [-0.2, -0.15) is 0 Å². The molecule has 28 heavy (non-hydrogen) atoms. The molecule has 2 amide bonds. The number of esters is 1. The van der Waals surface area contributed by atoms with Gasteiger partial charge >= 0.3 is 5.97 Å². The number of para-hydroxylation sites is 1. The van der Waals surface area contributed by atoms with Gasteiger partial charge in [0, 0.05) is 19.5 Å². The minimum atomic E-state index is -0.447. The van der Waals surface area contributed by atoms with Crippen LogP contribution < -0.4 is 5.32 Å². The molecule has 1 N–H and O–H groups in total. The van der Waals surface area contributed by atoms with E-state index in [2.05, 4.69) is 10.2 Å². The first-order valence-corrected chi connectivity index (χ1v) is 9.92. The number of ether oxygens (including phenoxy) is 1. The standard InChI is InChI=1S/C21H31N3O4/c1-4-5-13-28-21(27)17-9-6-7-10-18(17)22-20(26)16-14-19(25)24(15-16)12-8-11-23(2)3/h6-7,9-10,16H,4-5,8,11-15H2,1-3H3,(H,22,26). The molecule has 1 aliphatic heterocycles. The third-order valence-corrected chi connectivity index (χ3v) is 4.75. The summed E-state index contributed by atoms with van der Waals surface area (Å²) in [7, 11) is 3.99. The van der Waals surface area contributed by atoms with Gasteiger partial charge in [0.2, 0.25) is 11.8 Å². The van der Waals surface area contributed by atoms with Crippen LogP contribution in [-0.2, 0) is 14.3 Å². The Kier molecular flexibility index (Phi) is 8.44. The number of rotatable bonds is 10. The zero-order chi connectivity index (χ0) is 20.5. The van der Waals surface area contributed by atoms with Crippen LogP contribution in [0.2, 0.25) is 0 Å². The van der Waals surface area contributed by atoms with Crippen molar-refractivity contribution >= 4 is 23.5 Å². The summed E-state index contributed by atoms with van der Waals surface area (Å²) in [5.74, 6) is -1.09. The van der Waals surface area contributed by atoms with E-state index >= 15 is 0 Å². The molecule has 1 aliphatic rings. The van der Waals surface area contributed by atoms with Gasteiger partial charge in [0.25, 0.3) is 0 Å². The Bertz CT molecular complexity index is 690. The zero-order valence-corrected chi connectivity index (χ0v) is 17.1. The molecule has 7 nitrogen and oxygen atoms in total. The molecule has 0 aliphatic carbocycles. The lowest BCUT2D eigenvalue weighted by Gasteiger charge is -2.18. The number of benzene rings is 1. The van der Waals surface area contributed by atoms with E-state index in [0.717, 1.165) is 25.8 Å². The summed E-state index contributed by atoms with van der Waals surface area (Å²) in [6.45, 7) is 4.35. The van der Waals surface area contributed by atoms with Crippen molar-refractivity contribution in [3.05, 3.63) is 29.8 Å². The highest BCUT2D eigenvalue weighted by Crippen LogP contribution is 2.22. The van der Waals surface area contributed by atoms with Crippen LogP contribution in [0, 0.1) is 5.92 Å². The molecule has 1 unspecified atom stereocenters. The molecule has 1 atom stereocenters. The fourth-order valence-corrected chi connectivity index (χ4v) is 3.13. The Labute approximate surface area is 167 Å². The Hall–Kier alpha value is -2.41.